The van der Waals surface area contributed by atoms with Crippen molar-refractivity contribution in [3.05, 3.63) is 35.9 Å². The highest BCUT2D eigenvalue weighted by Gasteiger charge is 2.37. The lowest BCUT2D eigenvalue weighted by atomic mass is 10.1. The highest BCUT2D eigenvalue weighted by Crippen LogP contribution is 2.39. The zero-order valence-electron chi connectivity index (χ0n) is 20.9. The first-order chi connectivity index (χ1) is 16.6. The lowest BCUT2D eigenvalue weighted by Crippen LogP contribution is -2.59. The third-order valence-corrected chi connectivity index (χ3v) is 6.82. The summed E-state index contributed by atoms with van der Waals surface area (Å²) < 4.78 is 7.65. The number of rotatable bonds is 3. The van der Waals surface area contributed by atoms with E-state index in [2.05, 4.69) is 39.8 Å². The van der Waals surface area contributed by atoms with E-state index >= 15 is 0 Å². The van der Waals surface area contributed by atoms with Crippen molar-refractivity contribution in [1.82, 2.24) is 24.4 Å². The molecule has 9 nitrogen and oxygen atoms in total. The van der Waals surface area contributed by atoms with Crippen LogP contribution in [0.2, 0.25) is 5.02 Å². The van der Waals surface area contributed by atoms with E-state index in [-0.39, 0.29) is 18.2 Å². The van der Waals surface area contributed by atoms with Crippen LogP contribution in [0.1, 0.15) is 41.0 Å². The van der Waals surface area contributed by atoms with Crippen LogP contribution in [0.4, 0.5) is 16.3 Å². The maximum atomic E-state index is 12.8. The molecule has 2 aliphatic heterocycles. The van der Waals surface area contributed by atoms with Crippen LogP contribution in [0.25, 0.3) is 16.9 Å². The number of hydrogen-bond donors (Lipinski definition) is 0. The molecule has 5 rings (SSSR count). The Hall–Kier alpha value is -3.07. The highest BCUT2D eigenvalue weighted by molar-refractivity contribution is 6.30. The van der Waals surface area contributed by atoms with E-state index in [0.717, 1.165) is 47.9 Å². The Balaban J connectivity index is 1.54. The van der Waals surface area contributed by atoms with Gasteiger partial charge in [0.1, 0.15) is 23.6 Å². The zero-order valence-corrected chi connectivity index (χ0v) is 21.7. The van der Waals surface area contributed by atoms with Gasteiger partial charge in [-0.1, -0.05) is 11.6 Å². The Morgan fingerprint density at radius 3 is 2.54 bits per heavy atom. The number of amides is 1. The number of aromatic nitrogens is 4. The van der Waals surface area contributed by atoms with Gasteiger partial charge in [-0.2, -0.15) is 0 Å². The van der Waals surface area contributed by atoms with Crippen LogP contribution in [0.5, 0.6) is 0 Å². The van der Waals surface area contributed by atoms with Gasteiger partial charge in [0.2, 0.25) is 0 Å². The predicted molar refractivity (Wildman–Crippen MR) is 138 cm³/mol. The molecule has 0 aliphatic carbocycles. The van der Waals surface area contributed by atoms with Crippen molar-refractivity contribution in [3.8, 4) is 5.82 Å². The molecule has 3 aromatic rings. The molecule has 2 fully saturated rings. The number of anilines is 2. The minimum atomic E-state index is -0.528. The molecular weight excluding hydrogens is 466 g/mol. The molecule has 0 saturated carbocycles. The van der Waals surface area contributed by atoms with Crippen molar-refractivity contribution in [1.29, 1.82) is 0 Å². The molecule has 186 valence electrons. The van der Waals surface area contributed by atoms with Crippen molar-refractivity contribution in [2.45, 2.75) is 58.7 Å². The first-order valence-corrected chi connectivity index (χ1v) is 12.5. The van der Waals surface area contributed by atoms with Gasteiger partial charge in [-0.05, 0) is 47.1 Å². The van der Waals surface area contributed by atoms with Gasteiger partial charge in [0.25, 0.3) is 0 Å². The average molecular weight is 498 g/mol. The second-order valence-electron chi connectivity index (χ2n) is 10.4. The molecule has 0 N–H and O–H groups in total. The monoisotopic (exact) mass is 497 g/mol. The SMILES string of the molecule is C[C@@H]1CN(c2ncnc3c2c(N2CCC2)cn3-c2cc(Cl)ccn2)[C@@H](C)CN1C(=O)OC(C)(C)C. The van der Waals surface area contributed by atoms with Crippen LogP contribution < -0.4 is 9.80 Å². The molecular formula is C25H32ClN7O2. The summed E-state index contributed by atoms with van der Waals surface area (Å²) in [5.74, 6) is 1.59. The molecule has 0 bridgehead atoms. The Morgan fingerprint density at radius 1 is 1.11 bits per heavy atom. The van der Waals surface area contributed by atoms with E-state index in [0.29, 0.717) is 18.1 Å². The summed E-state index contributed by atoms with van der Waals surface area (Å²) in [5, 5.41) is 1.62. The number of hydrogen-bond acceptors (Lipinski definition) is 7. The first kappa shape index (κ1) is 23.7. The van der Waals surface area contributed by atoms with Crippen molar-refractivity contribution in [3.63, 3.8) is 0 Å². The third kappa shape index (κ3) is 4.49. The van der Waals surface area contributed by atoms with E-state index in [1.165, 1.54) is 0 Å². The standard InChI is InChI=1S/C25H32ClN7O2/c1-16-13-32(24(34)35-25(3,4)5)17(2)12-31(16)22-21-19(30-9-6-10-30)14-33(23(21)29-15-28-22)20-11-18(26)7-8-27-20/h7-8,11,14-17H,6,9-10,12-13H2,1-5H3/t16-,17+/m0/s1. The van der Waals surface area contributed by atoms with Crippen LogP contribution in [0.3, 0.4) is 0 Å². The second kappa shape index (κ2) is 8.86. The van der Waals surface area contributed by atoms with Gasteiger partial charge in [0, 0.05) is 61.7 Å². The summed E-state index contributed by atoms with van der Waals surface area (Å²) in [7, 11) is 0. The Kier molecular flexibility index (Phi) is 5.99. The maximum absolute atomic E-state index is 12.8. The van der Waals surface area contributed by atoms with Crippen molar-refractivity contribution in [2.75, 3.05) is 36.0 Å². The molecule has 0 radical (unpaired) electrons. The lowest BCUT2D eigenvalue weighted by molar-refractivity contribution is 0.0130. The molecule has 2 saturated heterocycles. The molecule has 3 aromatic heterocycles. The maximum Gasteiger partial charge on any atom is 0.410 e. The van der Waals surface area contributed by atoms with Crippen molar-refractivity contribution < 1.29 is 9.53 Å². The fraction of sp³-hybridized carbons (Fsp3) is 0.520. The van der Waals surface area contributed by atoms with E-state index in [9.17, 15) is 4.79 Å². The van der Waals surface area contributed by atoms with Crippen LogP contribution in [-0.2, 0) is 4.74 Å². The van der Waals surface area contributed by atoms with Gasteiger partial charge in [-0.25, -0.2) is 19.7 Å². The van der Waals surface area contributed by atoms with Crippen LogP contribution in [0, 0.1) is 0 Å². The zero-order chi connectivity index (χ0) is 24.9. The summed E-state index contributed by atoms with van der Waals surface area (Å²) in [6.45, 7) is 13.0. The number of halogens is 1. The quantitative estimate of drug-likeness (QED) is 0.526. The van der Waals surface area contributed by atoms with Gasteiger partial charge >= 0.3 is 6.09 Å². The molecule has 0 spiro atoms. The summed E-state index contributed by atoms with van der Waals surface area (Å²) in [4.78, 5) is 33.3. The fourth-order valence-electron chi connectivity index (χ4n) is 4.74. The average Bonchev–Trinajstić information content (AvgIpc) is 3.12. The lowest BCUT2D eigenvalue weighted by Gasteiger charge is -2.45. The second-order valence-corrected chi connectivity index (χ2v) is 10.9. The number of ether oxygens (including phenoxy) is 1. The summed E-state index contributed by atoms with van der Waals surface area (Å²) in [6, 6.07) is 3.62. The Bertz CT molecular complexity index is 1250. The smallest absolute Gasteiger partial charge is 0.410 e. The van der Waals surface area contributed by atoms with Crippen molar-refractivity contribution >= 4 is 40.2 Å². The van der Waals surface area contributed by atoms with Gasteiger partial charge < -0.3 is 19.4 Å². The van der Waals surface area contributed by atoms with Crippen LogP contribution in [0.15, 0.2) is 30.9 Å². The Morgan fingerprint density at radius 2 is 1.89 bits per heavy atom. The molecule has 1 amide bonds. The number of nitrogens with zero attached hydrogens (tertiary/aromatic N) is 7. The minimum absolute atomic E-state index is 0.0322. The molecule has 2 atom stereocenters. The third-order valence-electron chi connectivity index (χ3n) is 6.58. The summed E-state index contributed by atoms with van der Waals surface area (Å²) in [6.07, 6.45) is 6.28. The topological polar surface area (TPSA) is 79.6 Å². The minimum Gasteiger partial charge on any atom is -0.444 e. The number of fused-ring (bicyclic) bond motifs is 1. The van der Waals surface area contributed by atoms with E-state index in [1.54, 1.807) is 18.6 Å². The fourth-order valence-corrected chi connectivity index (χ4v) is 4.89. The largest absolute Gasteiger partial charge is 0.444 e. The molecule has 2 aliphatic rings. The van der Waals surface area contributed by atoms with E-state index in [1.807, 2.05) is 36.3 Å². The van der Waals surface area contributed by atoms with E-state index in [4.69, 9.17) is 21.3 Å². The van der Waals surface area contributed by atoms with Gasteiger partial charge in [0.15, 0.2) is 5.65 Å². The van der Waals surface area contributed by atoms with Gasteiger partial charge in [0.05, 0.1) is 11.1 Å². The van der Waals surface area contributed by atoms with Crippen molar-refractivity contribution in [2.24, 2.45) is 0 Å². The number of pyridine rings is 1. The number of carbonyl (C=O) groups excluding carboxylic acids is 1. The predicted octanol–water partition coefficient (Wildman–Crippen LogP) is 4.51. The number of piperazine rings is 1. The molecule has 5 heterocycles. The number of carbonyl (C=O) groups is 1. The van der Waals surface area contributed by atoms with Crippen LogP contribution >= 0.6 is 11.6 Å². The van der Waals surface area contributed by atoms with Gasteiger partial charge in [-0.15, -0.1) is 0 Å². The summed E-state index contributed by atoms with van der Waals surface area (Å²) >= 11 is 6.27. The van der Waals surface area contributed by atoms with Gasteiger partial charge in [-0.3, -0.25) is 4.57 Å². The molecule has 35 heavy (non-hydrogen) atoms. The Labute approximate surface area is 210 Å². The molecule has 10 heteroatoms. The van der Waals surface area contributed by atoms with Crippen LogP contribution in [-0.4, -0.2) is 74.4 Å². The highest BCUT2D eigenvalue weighted by atomic mass is 35.5. The molecule has 0 aromatic carbocycles. The normalized spacial score (nSPS) is 20.8. The summed E-state index contributed by atoms with van der Waals surface area (Å²) in [5.41, 5.74) is 1.36. The van der Waals surface area contributed by atoms with E-state index < -0.39 is 5.60 Å². The first-order valence-electron chi connectivity index (χ1n) is 12.1. The molecule has 0 unspecified atom stereocenters.